The largest absolute Gasteiger partial charge is 0.389 e. The number of hydrogen-bond donors (Lipinski definition) is 1. The lowest BCUT2D eigenvalue weighted by molar-refractivity contribution is -0.105. The first-order valence-electron chi connectivity index (χ1n) is 8.14. The molecule has 2 aliphatic rings. The van der Waals surface area contributed by atoms with Gasteiger partial charge in [0.1, 0.15) is 6.29 Å². The number of rotatable bonds is 6. The molecule has 1 saturated carbocycles. The van der Waals surface area contributed by atoms with Crippen LogP contribution in [0.5, 0.6) is 0 Å². The smallest absolute Gasteiger partial charge is 0.146 e. The molecule has 0 saturated heterocycles. The van der Waals surface area contributed by atoms with Crippen LogP contribution >= 0.6 is 22.6 Å². The van der Waals surface area contributed by atoms with Crippen LogP contribution in [0.25, 0.3) is 0 Å². The number of carbonyl (C=O) groups is 1. The zero-order valence-corrected chi connectivity index (χ0v) is 16.2. The summed E-state index contributed by atoms with van der Waals surface area (Å²) < 4.78 is 1.33. The standard InChI is InChI=1S/C19H27IO2/c1-12(8-14-6-5-7-15(14)11-21)18(22)10-17-16(9-13(2)20)19(17,3)4/h8-9,11,16-18,22H,5-7,10H2,1-4H3/b12-8+,13-9-/t16-,17+,18?/m1/s1. The number of aldehydes is 1. The van der Waals surface area contributed by atoms with Gasteiger partial charge in [-0.15, -0.1) is 0 Å². The van der Waals surface area contributed by atoms with Crippen molar-refractivity contribution in [1.29, 1.82) is 0 Å². The number of aliphatic hydroxyl groups excluding tert-OH is 1. The topological polar surface area (TPSA) is 37.3 Å². The molecule has 0 heterocycles. The summed E-state index contributed by atoms with van der Waals surface area (Å²) in [6.45, 7) is 8.69. The van der Waals surface area contributed by atoms with Gasteiger partial charge in [0.05, 0.1) is 6.10 Å². The third kappa shape index (κ3) is 3.91. The first-order valence-corrected chi connectivity index (χ1v) is 9.22. The average molecular weight is 414 g/mol. The number of allylic oxidation sites excluding steroid dienone is 5. The Kier molecular flexibility index (Phi) is 5.70. The summed E-state index contributed by atoms with van der Waals surface area (Å²) in [6.07, 6.45) is 8.67. The van der Waals surface area contributed by atoms with E-state index in [1.54, 1.807) is 0 Å². The minimum Gasteiger partial charge on any atom is -0.389 e. The molecule has 0 aromatic rings. The number of aliphatic hydroxyl groups is 1. The highest BCUT2D eigenvalue weighted by atomic mass is 127. The number of halogens is 1. The van der Waals surface area contributed by atoms with Crippen molar-refractivity contribution in [3.63, 3.8) is 0 Å². The van der Waals surface area contributed by atoms with Crippen LogP contribution in [0.3, 0.4) is 0 Å². The predicted molar refractivity (Wildman–Crippen MR) is 99.9 cm³/mol. The van der Waals surface area contributed by atoms with Crippen molar-refractivity contribution in [2.24, 2.45) is 17.3 Å². The molecule has 3 atom stereocenters. The van der Waals surface area contributed by atoms with Gasteiger partial charge in [0.15, 0.2) is 0 Å². The van der Waals surface area contributed by atoms with Gasteiger partial charge in [-0.25, -0.2) is 0 Å². The summed E-state index contributed by atoms with van der Waals surface area (Å²) in [5.74, 6) is 1.11. The van der Waals surface area contributed by atoms with E-state index in [1.165, 1.54) is 3.58 Å². The first-order chi connectivity index (χ1) is 10.3. The van der Waals surface area contributed by atoms with Crippen LogP contribution in [-0.2, 0) is 4.79 Å². The minimum absolute atomic E-state index is 0.286. The minimum atomic E-state index is -0.404. The quantitative estimate of drug-likeness (QED) is 0.492. The number of carbonyl (C=O) groups excluding carboxylic acids is 1. The average Bonchev–Trinajstić information content (AvgIpc) is 2.80. The summed E-state index contributed by atoms with van der Waals surface area (Å²) in [6, 6.07) is 0. The molecule has 0 aromatic heterocycles. The second-order valence-electron chi connectivity index (χ2n) is 7.37. The second kappa shape index (κ2) is 7.00. The fraction of sp³-hybridized carbons (Fsp3) is 0.632. The first kappa shape index (κ1) is 17.9. The molecular formula is C19H27IO2. The van der Waals surface area contributed by atoms with E-state index in [1.807, 2.05) is 13.0 Å². The Hall–Kier alpha value is -0.420. The lowest BCUT2D eigenvalue weighted by Gasteiger charge is -2.13. The van der Waals surface area contributed by atoms with Crippen molar-refractivity contribution in [2.75, 3.05) is 0 Å². The van der Waals surface area contributed by atoms with Gasteiger partial charge in [-0.3, -0.25) is 4.79 Å². The lowest BCUT2D eigenvalue weighted by Crippen LogP contribution is -2.11. The summed E-state index contributed by atoms with van der Waals surface area (Å²) in [5, 5.41) is 10.5. The van der Waals surface area contributed by atoms with Gasteiger partial charge >= 0.3 is 0 Å². The Balaban J connectivity index is 2.02. The van der Waals surface area contributed by atoms with Crippen LogP contribution in [0.4, 0.5) is 0 Å². The van der Waals surface area contributed by atoms with Gasteiger partial charge in [0.2, 0.25) is 0 Å². The molecule has 0 aromatic carbocycles. The second-order valence-corrected chi connectivity index (χ2v) is 9.07. The SMILES string of the molecule is C/C(I)=C/[C@@H]1[C@H](CC(O)/C(C)=C/C2=C(C=O)CCC2)C1(C)C. The molecule has 0 amide bonds. The molecule has 22 heavy (non-hydrogen) atoms. The van der Waals surface area contributed by atoms with E-state index in [9.17, 15) is 9.90 Å². The highest BCUT2D eigenvalue weighted by molar-refractivity contribution is 14.1. The van der Waals surface area contributed by atoms with E-state index in [2.05, 4.69) is 49.4 Å². The molecule has 0 spiro atoms. The molecule has 2 aliphatic carbocycles. The van der Waals surface area contributed by atoms with Crippen molar-refractivity contribution in [3.8, 4) is 0 Å². The Labute approximate surface area is 147 Å². The predicted octanol–water partition coefficient (Wildman–Crippen LogP) is 4.97. The number of hydrogen-bond acceptors (Lipinski definition) is 2. The van der Waals surface area contributed by atoms with Gasteiger partial charge in [0, 0.05) is 0 Å². The highest BCUT2D eigenvalue weighted by Crippen LogP contribution is 2.61. The Bertz CT molecular complexity index is 536. The monoisotopic (exact) mass is 414 g/mol. The summed E-state index contributed by atoms with van der Waals surface area (Å²) in [4.78, 5) is 11.0. The molecule has 0 radical (unpaired) electrons. The summed E-state index contributed by atoms with van der Waals surface area (Å²) in [7, 11) is 0. The van der Waals surface area contributed by atoms with Gasteiger partial charge in [0.25, 0.3) is 0 Å². The van der Waals surface area contributed by atoms with E-state index < -0.39 is 6.10 Å². The van der Waals surface area contributed by atoms with Gasteiger partial charge in [-0.1, -0.05) is 26.0 Å². The van der Waals surface area contributed by atoms with E-state index >= 15 is 0 Å². The van der Waals surface area contributed by atoms with Crippen LogP contribution in [0, 0.1) is 17.3 Å². The van der Waals surface area contributed by atoms with Crippen LogP contribution in [0.2, 0.25) is 0 Å². The van der Waals surface area contributed by atoms with Crippen molar-refractivity contribution < 1.29 is 9.90 Å². The molecule has 2 nitrogen and oxygen atoms in total. The highest BCUT2D eigenvalue weighted by Gasteiger charge is 2.56. The molecule has 1 unspecified atom stereocenters. The molecule has 1 fully saturated rings. The molecule has 2 rings (SSSR count). The van der Waals surface area contributed by atoms with E-state index in [-0.39, 0.29) is 5.41 Å². The maximum Gasteiger partial charge on any atom is 0.146 e. The normalized spacial score (nSPS) is 29.7. The lowest BCUT2D eigenvalue weighted by atomic mass is 9.98. The van der Waals surface area contributed by atoms with Gasteiger partial charge in [-0.05, 0) is 99.7 Å². The van der Waals surface area contributed by atoms with E-state index in [0.29, 0.717) is 11.8 Å². The fourth-order valence-electron chi connectivity index (χ4n) is 3.70. The third-order valence-corrected chi connectivity index (χ3v) is 5.76. The Morgan fingerprint density at radius 3 is 2.59 bits per heavy atom. The fourth-order valence-corrected chi connectivity index (χ4v) is 4.09. The zero-order chi connectivity index (χ0) is 16.5. The Morgan fingerprint density at radius 2 is 2.00 bits per heavy atom. The van der Waals surface area contributed by atoms with Crippen molar-refractivity contribution in [1.82, 2.24) is 0 Å². The summed E-state index contributed by atoms with van der Waals surface area (Å²) in [5.41, 5.74) is 3.32. The summed E-state index contributed by atoms with van der Waals surface area (Å²) >= 11 is 2.36. The Morgan fingerprint density at radius 1 is 1.36 bits per heavy atom. The van der Waals surface area contributed by atoms with Gasteiger partial charge in [-0.2, -0.15) is 0 Å². The van der Waals surface area contributed by atoms with Gasteiger partial charge < -0.3 is 5.11 Å². The maximum absolute atomic E-state index is 11.0. The van der Waals surface area contributed by atoms with Crippen LogP contribution in [0.1, 0.15) is 53.4 Å². The van der Waals surface area contributed by atoms with Crippen molar-refractivity contribution in [3.05, 3.63) is 32.5 Å². The van der Waals surface area contributed by atoms with Crippen molar-refractivity contribution in [2.45, 2.75) is 59.5 Å². The van der Waals surface area contributed by atoms with Crippen LogP contribution in [-0.4, -0.2) is 17.5 Å². The van der Waals surface area contributed by atoms with E-state index in [0.717, 1.165) is 48.7 Å². The van der Waals surface area contributed by atoms with Crippen molar-refractivity contribution >= 4 is 28.9 Å². The van der Waals surface area contributed by atoms with Crippen LogP contribution in [0.15, 0.2) is 32.5 Å². The molecule has 1 N–H and O–H groups in total. The molecular weight excluding hydrogens is 387 g/mol. The maximum atomic E-state index is 11.0. The molecule has 0 aliphatic heterocycles. The third-order valence-electron chi connectivity index (χ3n) is 5.40. The molecule has 122 valence electrons. The van der Waals surface area contributed by atoms with Crippen LogP contribution < -0.4 is 0 Å². The zero-order valence-electron chi connectivity index (χ0n) is 14.0. The van der Waals surface area contributed by atoms with E-state index in [4.69, 9.17) is 0 Å². The molecule has 3 heteroatoms. The molecule has 0 bridgehead atoms.